The van der Waals surface area contributed by atoms with Gasteiger partial charge in [0.1, 0.15) is 18.0 Å². The topological polar surface area (TPSA) is 72.0 Å². The maximum Gasteiger partial charge on any atom is 0.240 e. The van der Waals surface area contributed by atoms with Crippen molar-refractivity contribution in [3.8, 4) is 11.3 Å². The highest BCUT2D eigenvalue weighted by molar-refractivity contribution is 7.89. The maximum atomic E-state index is 13.2. The molecule has 134 valence electrons. The highest BCUT2D eigenvalue weighted by Crippen LogP contribution is 2.20. The summed E-state index contributed by atoms with van der Waals surface area (Å²) in [7, 11) is -3.89. The zero-order valence-corrected chi connectivity index (χ0v) is 14.7. The molecule has 3 aromatic rings. The van der Waals surface area contributed by atoms with Crippen molar-refractivity contribution in [3.63, 3.8) is 0 Å². The van der Waals surface area contributed by atoms with Gasteiger partial charge in [0.15, 0.2) is 0 Å². The SMILES string of the molecule is O=S(=O)(NCc1cc(-c2ccc(F)cc2)ncn1)c1ccc(F)c(Cl)c1. The van der Waals surface area contributed by atoms with Gasteiger partial charge in [-0.25, -0.2) is 31.9 Å². The molecule has 0 radical (unpaired) electrons. The van der Waals surface area contributed by atoms with Crippen LogP contribution in [0.15, 0.2) is 59.8 Å². The fourth-order valence-corrected chi connectivity index (χ4v) is 3.44. The lowest BCUT2D eigenvalue weighted by molar-refractivity contribution is 0.579. The number of halogens is 3. The Morgan fingerprint density at radius 1 is 1.00 bits per heavy atom. The predicted molar refractivity (Wildman–Crippen MR) is 92.9 cm³/mol. The Labute approximate surface area is 153 Å². The van der Waals surface area contributed by atoms with Crippen LogP contribution in [0.1, 0.15) is 5.69 Å². The fourth-order valence-electron chi connectivity index (χ4n) is 2.17. The second-order valence-electron chi connectivity index (χ2n) is 5.30. The summed E-state index contributed by atoms with van der Waals surface area (Å²) in [6.45, 7) is -0.103. The van der Waals surface area contributed by atoms with Crippen LogP contribution >= 0.6 is 11.6 Å². The smallest absolute Gasteiger partial charge is 0.240 e. The van der Waals surface area contributed by atoms with E-state index in [0.29, 0.717) is 17.0 Å². The third-order valence-corrected chi connectivity index (χ3v) is 5.20. The first kappa shape index (κ1) is 18.4. The lowest BCUT2D eigenvalue weighted by Gasteiger charge is -2.08. The van der Waals surface area contributed by atoms with E-state index >= 15 is 0 Å². The zero-order valence-electron chi connectivity index (χ0n) is 13.2. The molecule has 5 nitrogen and oxygen atoms in total. The van der Waals surface area contributed by atoms with Crippen molar-refractivity contribution in [3.05, 3.63) is 77.2 Å². The van der Waals surface area contributed by atoms with Crippen LogP contribution in [-0.4, -0.2) is 18.4 Å². The van der Waals surface area contributed by atoms with Gasteiger partial charge >= 0.3 is 0 Å². The molecule has 3 rings (SSSR count). The summed E-state index contributed by atoms with van der Waals surface area (Å²) in [6.07, 6.45) is 1.29. The maximum absolute atomic E-state index is 13.2. The molecule has 1 heterocycles. The van der Waals surface area contributed by atoms with Crippen LogP contribution in [0.2, 0.25) is 5.02 Å². The molecule has 0 aliphatic carbocycles. The number of nitrogens with one attached hydrogen (secondary N) is 1. The Morgan fingerprint density at radius 3 is 2.42 bits per heavy atom. The van der Waals surface area contributed by atoms with Gasteiger partial charge in [-0.1, -0.05) is 11.6 Å². The minimum absolute atomic E-state index is 0.103. The Morgan fingerprint density at radius 2 is 1.73 bits per heavy atom. The van der Waals surface area contributed by atoms with Gasteiger partial charge < -0.3 is 0 Å². The standard InChI is InChI=1S/C17H12ClF2N3O2S/c18-15-8-14(5-6-16(15)20)26(24,25)23-9-13-7-17(22-10-21-13)11-1-3-12(19)4-2-11/h1-8,10,23H,9H2. The Balaban J connectivity index is 1.78. The van der Waals surface area contributed by atoms with Crippen molar-refractivity contribution in [1.29, 1.82) is 0 Å². The molecule has 9 heteroatoms. The molecule has 0 amide bonds. The van der Waals surface area contributed by atoms with Crippen LogP contribution < -0.4 is 4.72 Å². The van der Waals surface area contributed by atoms with Crippen molar-refractivity contribution in [1.82, 2.24) is 14.7 Å². The third-order valence-electron chi connectivity index (χ3n) is 3.51. The van der Waals surface area contributed by atoms with Crippen LogP contribution in [0.4, 0.5) is 8.78 Å². The number of sulfonamides is 1. The molecule has 0 fully saturated rings. The quantitative estimate of drug-likeness (QED) is 0.717. The van der Waals surface area contributed by atoms with Gasteiger partial charge in [-0.05, 0) is 48.5 Å². The first-order valence-corrected chi connectivity index (χ1v) is 9.23. The van der Waals surface area contributed by atoms with E-state index in [1.807, 2.05) is 0 Å². The molecule has 1 N–H and O–H groups in total. The minimum Gasteiger partial charge on any atom is -0.240 e. The summed E-state index contributed by atoms with van der Waals surface area (Å²) in [5, 5.41) is -0.284. The predicted octanol–water partition coefficient (Wildman–Crippen LogP) is 3.55. The summed E-state index contributed by atoms with van der Waals surface area (Å²) in [4.78, 5) is 7.95. The summed E-state index contributed by atoms with van der Waals surface area (Å²) in [5.74, 6) is -1.07. The number of benzene rings is 2. The molecular weight excluding hydrogens is 384 g/mol. The molecule has 0 aliphatic heterocycles. The van der Waals surface area contributed by atoms with Crippen LogP contribution in [0.5, 0.6) is 0 Å². The van der Waals surface area contributed by atoms with Crippen LogP contribution in [-0.2, 0) is 16.6 Å². The second kappa shape index (κ2) is 7.45. The van der Waals surface area contributed by atoms with E-state index in [-0.39, 0.29) is 22.3 Å². The molecular formula is C17H12ClF2N3O2S. The lowest BCUT2D eigenvalue weighted by Crippen LogP contribution is -2.23. The monoisotopic (exact) mass is 395 g/mol. The Kier molecular flexibility index (Phi) is 5.26. The summed E-state index contributed by atoms with van der Waals surface area (Å²) in [6, 6.07) is 10.5. The molecule has 26 heavy (non-hydrogen) atoms. The van der Waals surface area contributed by atoms with Crippen LogP contribution in [0, 0.1) is 11.6 Å². The molecule has 0 spiro atoms. The molecule has 0 unspecified atom stereocenters. The Bertz CT molecular complexity index is 1040. The molecule has 0 saturated carbocycles. The van der Waals surface area contributed by atoms with Crippen molar-refractivity contribution in [2.24, 2.45) is 0 Å². The molecule has 0 atom stereocenters. The average molecular weight is 396 g/mol. The highest BCUT2D eigenvalue weighted by Gasteiger charge is 2.16. The molecule has 2 aromatic carbocycles. The van der Waals surface area contributed by atoms with Gasteiger partial charge in [0.05, 0.1) is 27.9 Å². The van der Waals surface area contributed by atoms with E-state index < -0.39 is 15.8 Å². The number of nitrogens with zero attached hydrogens (tertiary/aromatic N) is 2. The molecule has 0 bridgehead atoms. The van der Waals surface area contributed by atoms with Crippen molar-refractivity contribution in [2.45, 2.75) is 11.4 Å². The van der Waals surface area contributed by atoms with Gasteiger partial charge in [-0.3, -0.25) is 0 Å². The Hall–Kier alpha value is -2.42. The molecule has 0 aliphatic rings. The second-order valence-corrected chi connectivity index (χ2v) is 7.48. The zero-order chi connectivity index (χ0) is 18.7. The van der Waals surface area contributed by atoms with Crippen molar-refractivity contribution < 1.29 is 17.2 Å². The van der Waals surface area contributed by atoms with E-state index in [2.05, 4.69) is 14.7 Å². The van der Waals surface area contributed by atoms with Gasteiger partial charge in [0, 0.05) is 5.56 Å². The van der Waals surface area contributed by atoms with Crippen molar-refractivity contribution in [2.75, 3.05) is 0 Å². The number of hydrogen-bond acceptors (Lipinski definition) is 4. The highest BCUT2D eigenvalue weighted by atomic mass is 35.5. The van der Waals surface area contributed by atoms with Gasteiger partial charge in [-0.15, -0.1) is 0 Å². The largest absolute Gasteiger partial charge is 0.240 e. The first-order valence-electron chi connectivity index (χ1n) is 7.37. The third kappa shape index (κ3) is 4.21. The first-order chi connectivity index (χ1) is 12.3. The van der Waals surface area contributed by atoms with Crippen LogP contribution in [0.3, 0.4) is 0 Å². The summed E-state index contributed by atoms with van der Waals surface area (Å²) in [5.41, 5.74) is 1.61. The minimum atomic E-state index is -3.89. The van der Waals surface area contributed by atoms with Gasteiger partial charge in [-0.2, -0.15) is 0 Å². The number of hydrogen-bond donors (Lipinski definition) is 1. The normalized spacial score (nSPS) is 11.5. The molecule has 1 aromatic heterocycles. The van der Waals surface area contributed by atoms with Gasteiger partial charge in [0.2, 0.25) is 10.0 Å². The molecule has 0 saturated heterocycles. The number of aromatic nitrogens is 2. The fraction of sp³-hybridized carbons (Fsp3) is 0.0588. The van der Waals surface area contributed by atoms with E-state index in [4.69, 9.17) is 11.6 Å². The average Bonchev–Trinajstić information content (AvgIpc) is 2.63. The van der Waals surface area contributed by atoms with E-state index in [9.17, 15) is 17.2 Å². The van der Waals surface area contributed by atoms with Gasteiger partial charge in [0.25, 0.3) is 0 Å². The van der Waals surface area contributed by atoms with Crippen LogP contribution in [0.25, 0.3) is 11.3 Å². The van der Waals surface area contributed by atoms with E-state index in [0.717, 1.165) is 18.2 Å². The van der Waals surface area contributed by atoms with E-state index in [1.165, 1.54) is 18.5 Å². The number of rotatable bonds is 5. The summed E-state index contributed by atoms with van der Waals surface area (Å²) >= 11 is 5.62. The lowest BCUT2D eigenvalue weighted by atomic mass is 10.1. The van der Waals surface area contributed by atoms with E-state index in [1.54, 1.807) is 18.2 Å². The summed E-state index contributed by atoms with van der Waals surface area (Å²) < 4.78 is 53.1. The van der Waals surface area contributed by atoms with Crippen molar-refractivity contribution >= 4 is 21.6 Å².